The van der Waals surface area contributed by atoms with Crippen LogP contribution in [-0.4, -0.2) is 39.9 Å². The first-order chi connectivity index (χ1) is 17.2. The Morgan fingerprint density at radius 3 is 2.50 bits per heavy atom. The first-order valence-electron chi connectivity index (χ1n) is 12.6. The maximum Gasteiger partial charge on any atom is 0.416 e. The lowest BCUT2D eigenvalue weighted by atomic mass is 9.76. The molecule has 0 bridgehead atoms. The second kappa shape index (κ2) is 10.3. The molecule has 5 rings (SSSR count). The Morgan fingerprint density at radius 1 is 1.00 bits per heavy atom. The van der Waals surface area contributed by atoms with Gasteiger partial charge in [-0.1, -0.05) is 30.3 Å². The lowest BCUT2D eigenvalue weighted by Gasteiger charge is -2.46. The zero-order valence-electron chi connectivity index (χ0n) is 19.9. The Kier molecular flexibility index (Phi) is 7.31. The number of fused-ring (bicyclic) bond motifs is 3. The van der Waals surface area contributed by atoms with Crippen LogP contribution in [-0.2, 0) is 20.9 Å². The standard InChI is InChI=1S/C26H32F3N3O3S/c27-26(28,29)19-8-11-23-22(14-19)25-21(24(32-23)18-4-2-1-3-5-18)10-9-20(35-25)16-31-36(33,34)13-12-30-15-17-6-7-17/h1-5,8,11,14,17,20-21,24-25,30-32H,6-7,9-10,12-13,15-16H2/t20-,21+,24+,25+/m1/s1. The number of anilines is 1. The fraction of sp³-hybridized carbons (Fsp3) is 0.538. The highest BCUT2D eigenvalue weighted by Crippen LogP contribution is 2.51. The molecule has 2 heterocycles. The number of hydrogen-bond acceptors (Lipinski definition) is 5. The van der Waals surface area contributed by atoms with Crippen molar-refractivity contribution in [3.63, 3.8) is 0 Å². The number of ether oxygens (including phenoxy) is 1. The molecule has 0 spiro atoms. The van der Waals surface area contributed by atoms with Crippen molar-refractivity contribution in [2.45, 2.75) is 50.1 Å². The summed E-state index contributed by atoms with van der Waals surface area (Å²) in [4.78, 5) is 0. The van der Waals surface area contributed by atoms with Crippen LogP contribution in [0.4, 0.5) is 18.9 Å². The van der Waals surface area contributed by atoms with Crippen molar-refractivity contribution in [3.8, 4) is 0 Å². The van der Waals surface area contributed by atoms with Crippen LogP contribution in [0.15, 0.2) is 48.5 Å². The fourth-order valence-corrected chi connectivity index (χ4v) is 6.20. The quantitative estimate of drug-likeness (QED) is 0.418. The number of benzene rings is 2. The summed E-state index contributed by atoms with van der Waals surface area (Å²) in [6.45, 7) is 1.34. The molecule has 10 heteroatoms. The molecule has 1 saturated carbocycles. The zero-order valence-corrected chi connectivity index (χ0v) is 20.7. The molecule has 0 radical (unpaired) electrons. The summed E-state index contributed by atoms with van der Waals surface area (Å²) in [6.07, 6.45) is -1.74. The average molecular weight is 524 g/mol. The molecule has 196 valence electrons. The van der Waals surface area contributed by atoms with Crippen molar-refractivity contribution in [1.82, 2.24) is 10.0 Å². The summed E-state index contributed by atoms with van der Waals surface area (Å²) in [5.74, 6) is 0.577. The molecule has 2 aromatic rings. The number of hydrogen-bond donors (Lipinski definition) is 3. The Bertz CT molecular complexity index is 1160. The van der Waals surface area contributed by atoms with Crippen LogP contribution in [0.3, 0.4) is 0 Å². The van der Waals surface area contributed by atoms with E-state index in [1.165, 1.54) is 25.0 Å². The normalized spacial score (nSPS) is 26.1. The topological polar surface area (TPSA) is 79.5 Å². The van der Waals surface area contributed by atoms with Gasteiger partial charge in [-0.3, -0.25) is 0 Å². The largest absolute Gasteiger partial charge is 0.416 e. The molecule has 4 atom stereocenters. The minimum absolute atomic E-state index is 0.0176. The summed E-state index contributed by atoms with van der Waals surface area (Å²) in [5, 5.41) is 6.62. The average Bonchev–Trinajstić information content (AvgIpc) is 3.69. The molecule has 0 aromatic heterocycles. The SMILES string of the molecule is O=S(=O)(CCNCC1CC1)NC[C@H]1CC[C@@H]2[C@H](O1)c1cc(C(F)(F)F)ccc1N[C@H]2c1ccccc1. The second-order valence-electron chi connectivity index (χ2n) is 10.1. The van der Waals surface area contributed by atoms with E-state index in [-0.39, 0.29) is 24.3 Å². The Balaban J connectivity index is 1.30. The summed E-state index contributed by atoms with van der Waals surface area (Å²) >= 11 is 0. The van der Waals surface area contributed by atoms with E-state index in [0.717, 1.165) is 18.2 Å². The van der Waals surface area contributed by atoms with Gasteiger partial charge in [-0.05, 0) is 61.9 Å². The van der Waals surface area contributed by atoms with Crippen molar-refractivity contribution < 1.29 is 26.3 Å². The molecule has 3 N–H and O–H groups in total. The van der Waals surface area contributed by atoms with Gasteiger partial charge < -0.3 is 15.4 Å². The summed E-state index contributed by atoms with van der Waals surface area (Å²) in [7, 11) is -3.48. The molecular weight excluding hydrogens is 491 g/mol. The third-order valence-corrected chi connectivity index (χ3v) is 8.69. The minimum atomic E-state index is -4.46. The van der Waals surface area contributed by atoms with Gasteiger partial charge in [0.05, 0.1) is 29.6 Å². The van der Waals surface area contributed by atoms with Crippen LogP contribution >= 0.6 is 0 Å². The summed E-state index contributed by atoms with van der Waals surface area (Å²) in [6, 6.07) is 13.4. The molecule has 1 saturated heterocycles. The Hall–Kier alpha value is -2.14. The third kappa shape index (κ3) is 6.04. The molecule has 6 nitrogen and oxygen atoms in total. The van der Waals surface area contributed by atoms with Gasteiger partial charge in [0.25, 0.3) is 0 Å². The second-order valence-corrected chi connectivity index (χ2v) is 12.0. The van der Waals surface area contributed by atoms with E-state index in [2.05, 4.69) is 15.4 Å². The molecule has 1 aliphatic carbocycles. The van der Waals surface area contributed by atoms with Crippen LogP contribution in [0.5, 0.6) is 0 Å². The lowest BCUT2D eigenvalue weighted by molar-refractivity contribution is -0.138. The van der Waals surface area contributed by atoms with Crippen molar-refractivity contribution >= 4 is 15.7 Å². The molecule has 0 amide bonds. The first-order valence-corrected chi connectivity index (χ1v) is 14.2. The maximum atomic E-state index is 13.5. The van der Waals surface area contributed by atoms with E-state index in [4.69, 9.17) is 4.74 Å². The van der Waals surface area contributed by atoms with Crippen LogP contribution < -0.4 is 15.4 Å². The highest BCUT2D eigenvalue weighted by atomic mass is 32.2. The van der Waals surface area contributed by atoms with Gasteiger partial charge in [0, 0.05) is 30.3 Å². The molecule has 2 aliphatic heterocycles. The summed E-state index contributed by atoms with van der Waals surface area (Å²) < 4.78 is 74.4. The van der Waals surface area contributed by atoms with Crippen molar-refractivity contribution in [1.29, 1.82) is 0 Å². The number of halogens is 3. The van der Waals surface area contributed by atoms with Crippen LogP contribution in [0.2, 0.25) is 0 Å². The monoisotopic (exact) mass is 523 g/mol. The number of nitrogens with one attached hydrogen (secondary N) is 3. The molecule has 36 heavy (non-hydrogen) atoms. The van der Waals surface area contributed by atoms with E-state index in [1.54, 1.807) is 0 Å². The van der Waals surface area contributed by atoms with E-state index in [1.807, 2.05) is 30.3 Å². The number of alkyl halides is 3. The predicted molar refractivity (Wildman–Crippen MR) is 132 cm³/mol. The van der Waals surface area contributed by atoms with Crippen molar-refractivity contribution in [2.75, 3.05) is 30.7 Å². The molecule has 3 aliphatic rings. The van der Waals surface area contributed by atoms with Gasteiger partial charge in [-0.15, -0.1) is 0 Å². The van der Waals surface area contributed by atoms with Crippen molar-refractivity contribution in [3.05, 3.63) is 65.2 Å². The molecule has 0 unspecified atom stereocenters. The predicted octanol–water partition coefficient (Wildman–Crippen LogP) is 4.63. The van der Waals surface area contributed by atoms with E-state index < -0.39 is 34.0 Å². The van der Waals surface area contributed by atoms with E-state index in [0.29, 0.717) is 36.6 Å². The van der Waals surface area contributed by atoms with E-state index in [9.17, 15) is 21.6 Å². The van der Waals surface area contributed by atoms with Crippen LogP contribution in [0.25, 0.3) is 0 Å². The van der Waals surface area contributed by atoms with Gasteiger partial charge in [-0.25, -0.2) is 13.1 Å². The Morgan fingerprint density at radius 2 is 1.78 bits per heavy atom. The van der Waals surface area contributed by atoms with Gasteiger partial charge >= 0.3 is 6.18 Å². The van der Waals surface area contributed by atoms with Gasteiger partial charge in [-0.2, -0.15) is 13.2 Å². The van der Waals surface area contributed by atoms with Gasteiger partial charge in [0.2, 0.25) is 10.0 Å². The zero-order chi connectivity index (χ0) is 25.3. The van der Waals surface area contributed by atoms with Gasteiger partial charge in [0.1, 0.15) is 0 Å². The first kappa shape index (κ1) is 25.5. The molecule has 2 fully saturated rings. The maximum absolute atomic E-state index is 13.5. The molecule has 2 aromatic carbocycles. The highest BCUT2D eigenvalue weighted by Gasteiger charge is 2.43. The highest BCUT2D eigenvalue weighted by molar-refractivity contribution is 7.89. The third-order valence-electron chi connectivity index (χ3n) is 7.34. The summed E-state index contributed by atoms with van der Waals surface area (Å²) in [5.41, 5.74) is 1.41. The van der Waals surface area contributed by atoms with Crippen LogP contribution in [0.1, 0.15) is 54.5 Å². The van der Waals surface area contributed by atoms with Gasteiger partial charge in [0.15, 0.2) is 0 Å². The minimum Gasteiger partial charge on any atom is -0.378 e. The van der Waals surface area contributed by atoms with E-state index >= 15 is 0 Å². The Labute approximate surface area is 210 Å². The number of rotatable bonds is 9. The number of sulfonamides is 1. The lowest BCUT2D eigenvalue weighted by Crippen LogP contribution is -2.44. The smallest absolute Gasteiger partial charge is 0.378 e. The fourth-order valence-electron chi connectivity index (χ4n) is 5.20. The molecular formula is C26H32F3N3O3S. The van der Waals surface area contributed by atoms with Crippen LogP contribution in [0, 0.1) is 11.8 Å². The van der Waals surface area contributed by atoms with Crippen molar-refractivity contribution in [2.24, 2.45) is 11.8 Å².